The minimum atomic E-state index is -0.422. The molecule has 2 rings (SSSR count). The van der Waals surface area contributed by atoms with Gasteiger partial charge in [0.2, 0.25) is 0 Å². The molecule has 0 radical (unpaired) electrons. The molecule has 0 aliphatic carbocycles. The molecule has 0 aromatic heterocycles. The maximum Gasteiger partial charge on any atom is 0.410 e. The second-order valence-corrected chi connectivity index (χ2v) is 6.65. The second-order valence-electron chi connectivity index (χ2n) is 6.65. The molecule has 1 amide bonds. The van der Waals surface area contributed by atoms with Crippen LogP contribution in [-0.4, -0.2) is 42.8 Å². The standard InChI is InChI=1S/C17H26N2O2/c1-17(2,3)21-16(20)19-12-10-15(11-13-19)18(4)14-8-6-5-7-9-14/h5-9,15H,10-13H2,1-4H3. The summed E-state index contributed by atoms with van der Waals surface area (Å²) in [6.07, 6.45) is 1.76. The van der Waals surface area contributed by atoms with Crippen molar-refractivity contribution in [3.63, 3.8) is 0 Å². The van der Waals surface area contributed by atoms with Gasteiger partial charge in [-0.15, -0.1) is 0 Å². The Balaban J connectivity index is 1.87. The molecular formula is C17H26N2O2. The van der Waals surface area contributed by atoms with Crippen molar-refractivity contribution < 1.29 is 9.53 Å². The monoisotopic (exact) mass is 290 g/mol. The van der Waals surface area contributed by atoms with Gasteiger partial charge in [-0.25, -0.2) is 4.79 Å². The van der Waals surface area contributed by atoms with Gasteiger partial charge in [-0.2, -0.15) is 0 Å². The number of likely N-dealkylation sites (tertiary alicyclic amines) is 1. The summed E-state index contributed by atoms with van der Waals surface area (Å²) in [5.41, 5.74) is 0.808. The number of ether oxygens (including phenoxy) is 1. The van der Waals surface area contributed by atoms with Crippen LogP contribution >= 0.6 is 0 Å². The Morgan fingerprint density at radius 2 is 1.76 bits per heavy atom. The van der Waals surface area contributed by atoms with E-state index in [-0.39, 0.29) is 6.09 Å². The smallest absolute Gasteiger partial charge is 0.410 e. The number of amides is 1. The molecule has 1 fully saturated rings. The number of para-hydroxylation sites is 1. The van der Waals surface area contributed by atoms with Crippen molar-refractivity contribution in [1.82, 2.24) is 4.90 Å². The van der Waals surface area contributed by atoms with Crippen molar-refractivity contribution in [2.75, 3.05) is 25.0 Å². The highest BCUT2D eigenvalue weighted by molar-refractivity contribution is 5.68. The zero-order chi connectivity index (χ0) is 15.5. The van der Waals surface area contributed by atoms with Gasteiger partial charge >= 0.3 is 6.09 Å². The van der Waals surface area contributed by atoms with Gasteiger partial charge in [-0.3, -0.25) is 0 Å². The first kappa shape index (κ1) is 15.7. The number of benzene rings is 1. The summed E-state index contributed by atoms with van der Waals surface area (Å²) < 4.78 is 5.43. The molecule has 0 bridgehead atoms. The minimum Gasteiger partial charge on any atom is -0.444 e. The first-order valence-corrected chi connectivity index (χ1v) is 7.62. The van der Waals surface area contributed by atoms with Gasteiger partial charge in [-0.05, 0) is 45.7 Å². The fourth-order valence-electron chi connectivity index (χ4n) is 2.64. The second kappa shape index (κ2) is 6.37. The summed E-state index contributed by atoms with van der Waals surface area (Å²) in [4.78, 5) is 16.2. The summed E-state index contributed by atoms with van der Waals surface area (Å²) in [7, 11) is 2.13. The van der Waals surface area contributed by atoms with Crippen LogP contribution in [-0.2, 0) is 4.74 Å². The molecule has 0 unspecified atom stereocenters. The van der Waals surface area contributed by atoms with Crippen LogP contribution in [0.4, 0.5) is 10.5 Å². The van der Waals surface area contributed by atoms with Crippen LogP contribution in [0.2, 0.25) is 0 Å². The Morgan fingerprint density at radius 3 is 2.29 bits per heavy atom. The van der Waals surface area contributed by atoms with E-state index >= 15 is 0 Å². The zero-order valence-electron chi connectivity index (χ0n) is 13.5. The van der Waals surface area contributed by atoms with Gasteiger partial charge in [0, 0.05) is 31.9 Å². The van der Waals surface area contributed by atoms with E-state index in [1.807, 2.05) is 31.7 Å². The molecule has 4 nitrogen and oxygen atoms in total. The third-order valence-electron chi connectivity index (χ3n) is 3.83. The van der Waals surface area contributed by atoms with Crippen LogP contribution in [0.5, 0.6) is 0 Å². The maximum absolute atomic E-state index is 12.1. The average Bonchev–Trinajstić information content (AvgIpc) is 2.46. The van der Waals surface area contributed by atoms with Gasteiger partial charge in [-0.1, -0.05) is 18.2 Å². The Morgan fingerprint density at radius 1 is 1.19 bits per heavy atom. The largest absolute Gasteiger partial charge is 0.444 e. The lowest BCUT2D eigenvalue weighted by Crippen LogP contribution is -2.47. The third kappa shape index (κ3) is 4.38. The van der Waals surface area contributed by atoms with E-state index in [1.165, 1.54) is 5.69 Å². The highest BCUT2D eigenvalue weighted by Crippen LogP contribution is 2.22. The number of hydrogen-bond acceptors (Lipinski definition) is 3. The summed E-state index contributed by atoms with van der Waals surface area (Å²) >= 11 is 0. The molecule has 116 valence electrons. The van der Waals surface area contributed by atoms with Crippen molar-refractivity contribution in [3.05, 3.63) is 30.3 Å². The van der Waals surface area contributed by atoms with Crippen LogP contribution in [0.3, 0.4) is 0 Å². The summed E-state index contributed by atoms with van der Waals surface area (Å²) in [6.45, 7) is 7.23. The molecule has 0 saturated carbocycles. The Kier molecular flexibility index (Phi) is 4.76. The van der Waals surface area contributed by atoms with Gasteiger partial charge in [0.15, 0.2) is 0 Å². The highest BCUT2D eigenvalue weighted by atomic mass is 16.6. The quantitative estimate of drug-likeness (QED) is 0.835. The maximum atomic E-state index is 12.1. The van der Waals surface area contributed by atoms with Crippen LogP contribution in [0.15, 0.2) is 30.3 Å². The van der Waals surface area contributed by atoms with Gasteiger partial charge in [0.05, 0.1) is 0 Å². The van der Waals surface area contributed by atoms with Crippen molar-refractivity contribution in [3.8, 4) is 0 Å². The number of nitrogens with zero attached hydrogens (tertiary/aromatic N) is 2. The Hall–Kier alpha value is -1.71. The molecule has 1 saturated heterocycles. The number of piperidine rings is 1. The van der Waals surface area contributed by atoms with Gasteiger partial charge in [0.1, 0.15) is 5.60 Å². The predicted molar refractivity (Wildman–Crippen MR) is 85.7 cm³/mol. The fourth-order valence-corrected chi connectivity index (χ4v) is 2.64. The summed E-state index contributed by atoms with van der Waals surface area (Å²) in [6, 6.07) is 10.9. The van der Waals surface area contributed by atoms with Crippen molar-refractivity contribution in [2.24, 2.45) is 0 Å². The molecule has 1 aliphatic heterocycles. The first-order valence-electron chi connectivity index (χ1n) is 7.62. The van der Waals surface area contributed by atoms with Gasteiger partial charge < -0.3 is 14.5 Å². The van der Waals surface area contributed by atoms with E-state index in [2.05, 4.69) is 36.2 Å². The highest BCUT2D eigenvalue weighted by Gasteiger charge is 2.28. The number of rotatable bonds is 2. The van der Waals surface area contributed by atoms with Crippen molar-refractivity contribution in [2.45, 2.75) is 45.3 Å². The lowest BCUT2D eigenvalue weighted by atomic mass is 10.0. The number of hydrogen-bond donors (Lipinski definition) is 0. The van der Waals surface area contributed by atoms with Crippen LogP contribution < -0.4 is 4.90 Å². The molecular weight excluding hydrogens is 264 g/mol. The number of anilines is 1. The van der Waals surface area contributed by atoms with Crippen LogP contribution in [0.25, 0.3) is 0 Å². The molecule has 1 aromatic carbocycles. The van der Waals surface area contributed by atoms with E-state index < -0.39 is 5.60 Å². The SMILES string of the molecule is CN(c1ccccc1)C1CCN(C(=O)OC(C)(C)C)CC1. The van der Waals surface area contributed by atoms with Crippen molar-refractivity contribution in [1.29, 1.82) is 0 Å². The Labute approximate surface area is 127 Å². The molecule has 1 heterocycles. The average molecular weight is 290 g/mol. The van der Waals surface area contributed by atoms with Gasteiger partial charge in [0.25, 0.3) is 0 Å². The molecule has 1 aromatic rings. The zero-order valence-corrected chi connectivity index (χ0v) is 13.5. The Bertz CT molecular complexity index is 459. The number of carbonyl (C=O) groups excluding carboxylic acids is 1. The van der Waals surface area contributed by atoms with Crippen LogP contribution in [0, 0.1) is 0 Å². The van der Waals surface area contributed by atoms with Crippen LogP contribution in [0.1, 0.15) is 33.6 Å². The normalized spacial score (nSPS) is 16.7. The van der Waals surface area contributed by atoms with E-state index in [9.17, 15) is 4.79 Å². The number of carbonyl (C=O) groups is 1. The van der Waals surface area contributed by atoms with Crippen molar-refractivity contribution >= 4 is 11.8 Å². The summed E-state index contributed by atoms with van der Waals surface area (Å²) in [5, 5.41) is 0. The van der Waals surface area contributed by atoms with E-state index in [0.717, 1.165) is 25.9 Å². The van der Waals surface area contributed by atoms with E-state index in [4.69, 9.17) is 4.74 Å². The van der Waals surface area contributed by atoms with E-state index in [1.54, 1.807) is 0 Å². The molecule has 4 heteroatoms. The minimum absolute atomic E-state index is 0.191. The summed E-state index contributed by atoms with van der Waals surface area (Å²) in [5.74, 6) is 0. The first-order chi connectivity index (χ1) is 9.87. The predicted octanol–water partition coefficient (Wildman–Crippen LogP) is 3.52. The lowest BCUT2D eigenvalue weighted by Gasteiger charge is -2.38. The molecule has 0 atom stereocenters. The molecule has 1 aliphatic rings. The molecule has 0 spiro atoms. The lowest BCUT2D eigenvalue weighted by molar-refractivity contribution is 0.0205. The molecule has 21 heavy (non-hydrogen) atoms. The molecule has 0 N–H and O–H groups in total. The topological polar surface area (TPSA) is 32.8 Å². The van der Waals surface area contributed by atoms with E-state index in [0.29, 0.717) is 6.04 Å². The fraction of sp³-hybridized carbons (Fsp3) is 0.588. The third-order valence-corrected chi connectivity index (χ3v) is 3.83.